The van der Waals surface area contributed by atoms with Gasteiger partial charge in [-0.05, 0) is 109 Å². The van der Waals surface area contributed by atoms with Gasteiger partial charge in [0.1, 0.15) is 18.0 Å². The van der Waals surface area contributed by atoms with E-state index in [4.69, 9.17) is 9.84 Å². The number of rotatable bonds is 8. The Hall–Kier alpha value is -1.16. The van der Waals surface area contributed by atoms with Crippen molar-refractivity contribution in [3.63, 3.8) is 0 Å². The van der Waals surface area contributed by atoms with Gasteiger partial charge in [0.15, 0.2) is 0 Å². The van der Waals surface area contributed by atoms with Crippen LogP contribution >= 0.6 is 22.6 Å². The quantitative estimate of drug-likeness (QED) is 0.364. The number of amides is 1. The molecule has 5 aliphatic carbocycles. The molecule has 5 aliphatic rings. The molecule has 0 aromatic heterocycles. The lowest BCUT2D eigenvalue weighted by molar-refractivity contribution is -0.118. The second-order valence-electron chi connectivity index (χ2n) is 10.8. The van der Waals surface area contributed by atoms with E-state index in [-0.39, 0.29) is 25.1 Å². The fraction of sp³-hybridized carbons (Fsp3) is 0.654. The molecule has 1 aromatic carbocycles. The molecule has 4 N–H and O–H groups in total. The number of aliphatic hydroxyl groups excluding tert-OH is 2. The number of hydrogen-bond acceptors (Lipinski definition) is 5. The predicted molar refractivity (Wildman–Crippen MR) is 135 cm³/mol. The molecule has 4 bridgehead atoms. The minimum absolute atomic E-state index is 0.0997. The molecule has 3 atom stereocenters. The third-order valence-corrected chi connectivity index (χ3v) is 9.14. The molecule has 7 heteroatoms. The van der Waals surface area contributed by atoms with E-state index in [2.05, 4.69) is 33.2 Å². The van der Waals surface area contributed by atoms with Gasteiger partial charge >= 0.3 is 0 Å². The zero-order valence-corrected chi connectivity index (χ0v) is 21.2. The first-order valence-corrected chi connectivity index (χ1v) is 13.4. The van der Waals surface area contributed by atoms with E-state index in [1.165, 1.54) is 38.5 Å². The zero-order valence-electron chi connectivity index (χ0n) is 19.0. The highest BCUT2D eigenvalue weighted by molar-refractivity contribution is 14.1. The first-order chi connectivity index (χ1) is 15.9. The zero-order chi connectivity index (χ0) is 23.0. The summed E-state index contributed by atoms with van der Waals surface area (Å²) in [6, 6.07) is 7.47. The summed E-state index contributed by atoms with van der Waals surface area (Å²) in [5.74, 6) is 3.14. The van der Waals surface area contributed by atoms with Crippen molar-refractivity contribution in [2.75, 3.05) is 19.7 Å². The molecule has 0 radical (unpaired) electrons. The summed E-state index contributed by atoms with van der Waals surface area (Å²) in [7, 11) is 0. The summed E-state index contributed by atoms with van der Waals surface area (Å²) in [6.45, 7) is 1.02. The molecule has 1 aromatic rings. The highest BCUT2D eigenvalue weighted by atomic mass is 127. The molecule has 0 saturated heterocycles. The van der Waals surface area contributed by atoms with Crippen LogP contribution < -0.4 is 15.4 Å². The van der Waals surface area contributed by atoms with Crippen molar-refractivity contribution in [1.29, 1.82) is 0 Å². The Kier molecular flexibility index (Phi) is 7.03. The van der Waals surface area contributed by atoms with Crippen LogP contribution in [0.4, 0.5) is 0 Å². The van der Waals surface area contributed by atoms with Crippen molar-refractivity contribution in [1.82, 2.24) is 10.6 Å². The second kappa shape index (κ2) is 9.84. The fourth-order valence-electron chi connectivity index (χ4n) is 7.24. The van der Waals surface area contributed by atoms with Crippen molar-refractivity contribution < 1.29 is 19.7 Å². The molecule has 4 saturated carbocycles. The maximum absolute atomic E-state index is 12.7. The van der Waals surface area contributed by atoms with Gasteiger partial charge in [-0.3, -0.25) is 4.79 Å². The number of carbonyl (C=O) groups excluding carboxylic acids is 1. The fourth-order valence-corrected chi connectivity index (χ4v) is 7.76. The van der Waals surface area contributed by atoms with E-state index in [1.54, 1.807) is 6.08 Å². The molecule has 0 aliphatic heterocycles. The maximum Gasteiger partial charge on any atom is 0.247 e. The third-order valence-electron chi connectivity index (χ3n) is 8.25. The lowest BCUT2D eigenvalue weighted by atomic mass is 9.49. The number of nitrogens with one attached hydrogen (secondary N) is 2. The van der Waals surface area contributed by atoms with Gasteiger partial charge < -0.3 is 25.6 Å². The van der Waals surface area contributed by atoms with Crippen molar-refractivity contribution in [2.45, 2.75) is 63.2 Å². The van der Waals surface area contributed by atoms with E-state index in [9.17, 15) is 9.90 Å². The summed E-state index contributed by atoms with van der Waals surface area (Å²) in [5, 5.41) is 26.8. The van der Waals surface area contributed by atoms with Crippen molar-refractivity contribution >= 4 is 28.5 Å². The Bertz CT molecular complexity index is 869. The van der Waals surface area contributed by atoms with Crippen molar-refractivity contribution in [2.24, 2.45) is 23.2 Å². The number of carbonyl (C=O) groups is 1. The Morgan fingerprint density at radius 2 is 1.79 bits per heavy atom. The van der Waals surface area contributed by atoms with E-state index >= 15 is 0 Å². The lowest BCUT2D eigenvalue weighted by Gasteiger charge is -2.57. The molecule has 33 heavy (non-hydrogen) atoms. The molecule has 180 valence electrons. The standard InChI is InChI=1S/C26H35IN2O4/c27-20-3-1-2-4-22(20)33-23-11-19(25(32)28-5-6-30)10-21(24(23)31)29-15-26-12-16-7-17(13-26)9-18(8-16)14-26/h1-4,11,16-18,21,23-24,29-31H,5-10,12-15H2,(H,28,32)/t16?,17?,18?,21-,23+,24+,26?/m1/s1. The largest absolute Gasteiger partial charge is 0.482 e. The molecule has 0 heterocycles. The maximum atomic E-state index is 12.7. The van der Waals surface area contributed by atoms with Crippen LogP contribution in [0.25, 0.3) is 0 Å². The Balaban J connectivity index is 1.31. The van der Waals surface area contributed by atoms with E-state index in [0.29, 0.717) is 23.2 Å². The van der Waals surface area contributed by atoms with E-state index in [1.807, 2.05) is 24.3 Å². The van der Waals surface area contributed by atoms with Crippen molar-refractivity contribution in [3.05, 3.63) is 39.5 Å². The van der Waals surface area contributed by atoms with E-state index < -0.39 is 12.2 Å². The smallest absolute Gasteiger partial charge is 0.247 e. The van der Waals surface area contributed by atoms with Gasteiger partial charge in [-0.15, -0.1) is 0 Å². The summed E-state index contributed by atoms with van der Waals surface area (Å²) in [5.41, 5.74) is 0.952. The van der Waals surface area contributed by atoms with Crippen LogP contribution in [-0.4, -0.2) is 54.1 Å². The molecule has 4 fully saturated rings. The minimum atomic E-state index is -0.746. The SMILES string of the molecule is O=C(NCCO)C1=C[C@H](Oc2ccccc2I)[C@@H](O)[C@H](NCC23CC4CC(CC(C4)C2)C3)C1. The topological polar surface area (TPSA) is 90.8 Å². The molecule has 1 amide bonds. The molecule has 6 nitrogen and oxygen atoms in total. The lowest BCUT2D eigenvalue weighted by Crippen LogP contribution is -2.56. The Morgan fingerprint density at radius 1 is 1.12 bits per heavy atom. The van der Waals surface area contributed by atoms with Crippen LogP contribution in [0.2, 0.25) is 0 Å². The number of aliphatic hydroxyl groups is 2. The Morgan fingerprint density at radius 3 is 2.42 bits per heavy atom. The molecular formula is C26H35IN2O4. The van der Waals surface area contributed by atoms with Gasteiger partial charge in [-0.25, -0.2) is 0 Å². The average Bonchev–Trinajstić information content (AvgIpc) is 2.78. The van der Waals surface area contributed by atoms with Crippen LogP contribution in [0, 0.1) is 26.7 Å². The summed E-state index contributed by atoms with van der Waals surface area (Å²) >= 11 is 2.22. The minimum Gasteiger partial charge on any atom is -0.482 e. The molecule has 0 spiro atoms. The van der Waals surface area contributed by atoms with Gasteiger partial charge in [-0.1, -0.05) is 12.1 Å². The van der Waals surface area contributed by atoms with Crippen LogP contribution in [0.1, 0.15) is 44.9 Å². The average molecular weight is 566 g/mol. The van der Waals surface area contributed by atoms with Gasteiger partial charge in [0.25, 0.3) is 0 Å². The third kappa shape index (κ3) is 5.11. The van der Waals surface area contributed by atoms with E-state index in [0.717, 1.165) is 27.9 Å². The monoisotopic (exact) mass is 566 g/mol. The van der Waals surface area contributed by atoms with Gasteiger partial charge in [0.2, 0.25) is 5.91 Å². The summed E-state index contributed by atoms with van der Waals surface area (Å²) < 4.78 is 7.17. The normalized spacial score (nSPS) is 37.0. The van der Waals surface area contributed by atoms with Gasteiger partial charge in [-0.2, -0.15) is 0 Å². The highest BCUT2D eigenvalue weighted by Crippen LogP contribution is 2.59. The summed E-state index contributed by atoms with van der Waals surface area (Å²) in [6.07, 6.45) is 8.99. The van der Waals surface area contributed by atoms with Crippen LogP contribution in [0.5, 0.6) is 5.75 Å². The van der Waals surface area contributed by atoms with Crippen molar-refractivity contribution in [3.8, 4) is 5.75 Å². The van der Waals surface area contributed by atoms with Crippen LogP contribution in [-0.2, 0) is 4.79 Å². The summed E-state index contributed by atoms with van der Waals surface area (Å²) in [4.78, 5) is 12.7. The number of benzene rings is 1. The Labute approximate surface area is 209 Å². The number of ether oxygens (including phenoxy) is 1. The highest BCUT2D eigenvalue weighted by Gasteiger charge is 2.51. The number of hydrogen-bond donors (Lipinski definition) is 4. The molecular weight excluding hydrogens is 531 g/mol. The second-order valence-corrected chi connectivity index (χ2v) is 11.9. The van der Waals surface area contributed by atoms with Crippen LogP contribution in [0.3, 0.4) is 0 Å². The molecule has 6 rings (SSSR count). The van der Waals surface area contributed by atoms with Gasteiger partial charge in [0, 0.05) is 24.7 Å². The first kappa shape index (κ1) is 23.6. The first-order valence-electron chi connectivity index (χ1n) is 12.4. The predicted octanol–water partition coefficient (Wildman–Crippen LogP) is 3.01. The molecule has 0 unspecified atom stereocenters. The number of para-hydroxylation sites is 1. The number of halogens is 1. The van der Waals surface area contributed by atoms with Crippen LogP contribution in [0.15, 0.2) is 35.9 Å². The van der Waals surface area contributed by atoms with Gasteiger partial charge in [0.05, 0.1) is 10.2 Å².